The average Bonchev–Trinajstić information content (AvgIpc) is 3.15. The lowest BCUT2D eigenvalue weighted by molar-refractivity contribution is -0.111. The maximum atomic E-state index is 13.1. The second-order valence-electron chi connectivity index (χ2n) is 9.40. The Bertz CT molecular complexity index is 979. The summed E-state index contributed by atoms with van der Waals surface area (Å²) in [6.45, 7) is 9.67. The number of carbonyl (C=O) groups excluding carboxylic acids is 1. The SMILES string of the molecule is COc1cc(/C=C2/CC/C(=C/c3ccc(OCC(C)C)c(OC)c3)C2=O)ccc1OCC(C)C. The zero-order chi connectivity index (χ0) is 24.7. The van der Waals surface area contributed by atoms with Crippen LogP contribution >= 0.6 is 0 Å². The third-order valence-corrected chi connectivity index (χ3v) is 5.45. The van der Waals surface area contributed by atoms with E-state index >= 15 is 0 Å². The van der Waals surface area contributed by atoms with E-state index < -0.39 is 0 Å². The zero-order valence-electron chi connectivity index (χ0n) is 21.1. The lowest BCUT2D eigenvalue weighted by Gasteiger charge is -2.13. The van der Waals surface area contributed by atoms with E-state index in [1.165, 1.54) is 0 Å². The molecule has 182 valence electrons. The lowest BCUT2D eigenvalue weighted by atomic mass is 10.1. The summed E-state index contributed by atoms with van der Waals surface area (Å²) in [6, 6.07) is 11.6. The molecule has 0 N–H and O–H groups in total. The number of methoxy groups -OCH3 is 2. The lowest BCUT2D eigenvalue weighted by Crippen LogP contribution is -2.05. The molecule has 2 aromatic carbocycles. The number of Topliss-reactive ketones (excluding diaryl/α,β-unsaturated/α-hetero) is 1. The molecule has 1 aliphatic rings. The fourth-order valence-electron chi connectivity index (χ4n) is 3.68. The first-order valence-electron chi connectivity index (χ1n) is 11.9. The van der Waals surface area contributed by atoms with Gasteiger partial charge in [0, 0.05) is 11.1 Å². The highest BCUT2D eigenvalue weighted by Gasteiger charge is 2.23. The van der Waals surface area contributed by atoms with Crippen LogP contribution in [-0.4, -0.2) is 33.2 Å². The van der Waals surface area contributed by atoms with E-state index in [2.05, 4.69) is 27.7 Å². The van der Waals surface area contributed by atoms with Crippen molar-refractivity contribution in [2.45, 2.75) is 40.5 Å². The van der Waals surface area contributed by atoms with Crippen molar-refractivity contribution in [3.63, 3.8) is 0 Å². The van der Waals surface area contributed by atoms with E-state index in [4.69, 9.17) is 18.9 Å². The van der Waals surface area contributed by atoms with Gasteiger partial charge in [0.1, 0.15) is 0 Å². The molecular formula is C29H36O5. The van der Waals surface area contributed by atoms with Crippen LogP contribution in [-0.2, 0) is 4.79 Å². The first-order valence-corrected chi connectivity index (χ1v) is 11.9. The van der Waals surface area contributed by atoms with Gasteiger partial charge < -0.3 is 18.9 Å². The average molecular weight is 465 g/mol. The van der Waals surface area contributed by atoms with Gasteiger partial charge >= 0.3 is 0 Å². The van der Waals surface area contributed by atoms with Crippen molar-refractivity contribution in [2.75, 3.05) is 27.4 Å². The molecule has 0 radical (unpaired) electrons. The van der Waals surface area contributed by atoms with Gasteiger partial charge in [-0.05, 0) is 72.2 Å². The van der Waals surface area contributed by atoms with Gasteiger partial charge in [-0.3, -0.25) is 4.79 Å². The molecule has 2 aromatic rings. The number of ether oxygens (including phenoxy) is 4. The van der Waals surface area contributed by atoms with Crippen LogP contribution in [0.1, 0.15) is 51.7 Å². The van der Waals surface area contributed by atoms with Crippen molar-refractivity contribution in [2.24, 2.45) is 11.8 Å². The van der Waals surface area contributed by atoms with Crippen molar-refractivity contribution in [3.05, 3.63) is 58.7 Å². The molecule has 0 atom stereocenters. The smallest absolute Gasteiger partial charge is 0.185 e. The molecule has 34 heavy (non-hydrogen) atoms. The van der Waals surface area contributed by atoms with Gasteiger partial charge in [0.25, 0.3) is 0 Å². The molecule has 0 amide bonds. The first kappa shape index (κ1) is 25.4. The van der Waals surface area contributed by atoms with E-state index in [9.17, 15) is 4.79 Å². The largest absolute Gasteiger partial charge is 0.493 e. The van der Waals surface area contributed by atoms with Crippen LogP contribution < -0.4 is 18.9 Å². The van der Waals surface area contributed by atoms with Gasteiger partial charge in [-0.15, -0.1) is 0 Å². The molecule has 0 unspecified atom stereocenters. The van der Waals surface area contributed by atoms with E-state index in [0.717, 1.165) is 22.3 Å². The van der Waals surface area contributed by atoms with Gasteiger partial charge in [-0.25, -0.2) is 0 Å². The predicted molar refractivity (Wildman–Crippen MR) is 137 cm³/mol. The molecule has 0 spiro atoms. The minimum atomic E-state index is 0.0817. The molecule has 1 aliphatic carbocycles. The fraction of sp³-hybridized carbons (Fsp3) is 0.414. The zero-order valence-corrected chi connectivity index (χ0v) is 21.1. The Morgan fingerprint density at radius 3 is 1.47 bits per heavy atom. The molecule has 0 bridgehead atoms. The van der Waals surface area contributed by atoms with Crippen molar-refractivity contribution < 1.29 is 23.7 Å². The molecule has 0 aliphatic heterocycles. The fourth-order valence-corrected chi connectivity index (χ4v) is 3.68. The van der Waals surface area contributed by atoms with Crippen LogP contribution in [0.25, 0.3) is 12.2 Å². The van der Waals surface area contributed by atoms with Crippen molar-refractivity contribution in [3.8, 4) is 23.0 Å². The highest BCUT2D eigenvalue weighted by molar-refractivity contribution is 6.15. The molecule has 0 heterocycles. The van der Waals surface area contributed by atoms with Crippen LogP contribution in [0.3, 0.4) is 0 Å². The van der Waals surface area contributed by atoms with E-state index in [-0.39, 0.29) is 5.78 Å². The normalized spacial score (nSPS) is 16.1. The van der Waals surface area contributed by atoms with Crippen LogP contribution in [0.2, 0.25) is 0 Å². The Balaban J connectivity index is 1.76. The molecule has 3 rings (SSSR count). The summed E-state index contributed by atoms with van der Waals surface area (Å²) < 4.78 is 22.7. The van der Waals surface area contributed by atoms with Crippen LogP contribution in [0, 0.1) is 11.8 Å². The summed E-state index contributed by atoms with van der Waals surface area (Å²) >= 11 is 0. The minimum Gasteiger partial charge on any atom is -0.493 e. The first-order chi connectivity index (χ1) is 16.3. The van der Waals surface area contributed by atoms with E-state index in [1.807, 2.05) is 48.6 Å². The minimum absolute atomic E-state index is 0.0817. The number of ketones is 1. The summed E-state index contributed by atoms with van der Waals surface area (Å²) in [4.78, 5) is 13.1. The second-order valence-corrected chi connectivity index (χ2v) is 9.40. The Kier molecular flexibility index (Phi) is 8.80. The quantitative estimate of drug-likeness (QED) is 0.371. The third kappa shape index (κ3) is 6.66. The maximum Gasteiger partial charge on any atom is 0.185 e. The molecule has 0 saturated heterocycles. The molecule has 0 aromatic heterocycles. The van der Waals surface area contributed by atoms with Crippen molar-refractivity contribution in [1.29, 1.82) is 0 Å². The summed E-state index contributed by atoms with van der Waals surface area (Å²) in [7, 11) is 3.26. The maximum absolute atomic E-state index is 13.1. The monoisotopic (exact) mass is 464 g/mol. The third-order valence-electron chi connectivity index (χ3n) is 5.45. The Labute approximate surface area is 203 Å². The number of rotatable bonds is 10. The number of benzene rings is 2. The van der Waals surface area contributed by atoms with Crippen molar-refractivity contribution in [1.82, 2.24) is 0 Å². The number of hydrogen-bond donors (Lipinski definition) is 0. The van der Waals surface area contributed by atoms with Gasteiger partial charge in [0.2, 0.25) is 0 Å². The molecular weight excluding hydrogens is 428 g/mol. The molecule has 1 fully saturated rings. The standard InChI is InChI=1S/C29H36O5/c1-19(2)17-33-25-11-7-21(15-27(25)31-5)13-23-9-10-24(29(23)30)14-22-8-12-26(28(16-22)32-6)34-18-20(3)4/h7-8,11-16,19-20H,9-10,17-18H2,1-6H3/b23-13-,24-14-. The molecule has 1 saturated carbocycles. The number of hydrogen-bond acceptors (Lipinski definition) is 5. The van der Waals surface area contributed by atoms with Gasteiger partial charge in [-0.1, -0.05) is 39.8 Å². The van der Waals surface area contributed by atoms with E-state index in [0.29, 0.717) is 60.9 Å². The number of allylic oxidation sites excluding steroid dienone is 2. The Hall–Kier alpha value is -3.21. The predicted octanol–water partition coefficient (Wildman–Crippen LogP) is 6.60. The summed E-state index contributed by atoms with van der Waals surface area (Å²) in [5, 5.41) is 0. The highest BCUT2D eigenvalue weighted by atomic mass is 16.5. The summed E-state index contributed by atoms with van der Waals surface area (Å²) in [5.41, 5.74) is 3.44. The molecule has 5 nitrogen and oxygen atoms in total. The van der Waals surface area contributed by atoms with Crippen LogP contribution in [0.4, 0.5) is 0 Å². The Morgan fingerprint density at radius 1 is 0.706 bits per heavy atom. The summed E-state index contributed by atoms with van der Waals surface area (Å²) in [6.07, 6.45) is 5.32. The van der Waals surface area contributed by atoms with Crippen LogP contribution in [0.15, 0.2) is 47.5 Å². The van der Waals surface area contributed by atoms with Gasteiger partial charge in [0.15, 0.2) is 28.8 Å². The van der Waals surface area contributed by atoms with E-state index in [1.54, 1.807) is 14.2 Å². The topological polar surface area (TPSA) is 54.0 Å². The second kappa shape index (κ2) is 11.8. The number of carbonyl (C=O) groups is 1. The molecule has 5 heteroatoms. The van der Waals surface area contributed by atoms with Gasteiger partial charge in [-0.2, -0.15) is 0 Å². The Morgan fingerprint density at radius 2 is 1.12 bits per heavy atom. The van der Waals surface area contributed by atoms with Gasteiger partial charge in [0.05, 0.1) is 27.4 Å². The van der Waals surface area contributed by atoms with Crippen molar-refractivity contribution >= 4 is 17.9 Å². The van der Waals surface area contributed by atoms with Crippen LogP contribution in [0.5, 0.6) is 23.0 Å². The summed E-state index contributed by atoms with van der Waals surface area (Å²) in [5.74, 6) is 3.70. The highest BCUT2D eigenvalue weighted by Crippen LogP contribution is 2.34.